The van der Waals surface area contributed by atoms with Gasteiger partial charge in [-0.1, -0.05) is 17.7 Å². The molecule has 4 heteroatoms. The molecule has 0 saturated heterocycles. The van der Waals surface area contributed by atoms with Crippen molar-refractivity contribution in [3.05, 3.63) is 29.3 Å². The van der Waals surface area contributed by atoms with Gasteiger partial charge in [-0.25, -0.2) is 0 Å². The van der Waals surface area contributed by atoms with Crippen LogP contribution in [-0.4, -0.2) is 29.9 Å². The zero-order chi connectivity index (χ0) is 12.6. The van der Waals surface area contributed by atoms with Crippen LogP contribution in [0, 0.1) is 12.8 Å². The highest BCUT2D eigenvalue weighted by Gasteiger charge is 2.62. The highest BCUT2D eigenvalue weighted by atomic mass is 16.5. The Hall–Kier alpha value is -1.55. The van der Waals surface area contributed by atoms with Crippen LogP contribution < -0.4 is 4.74 Å². The molecule has 1 aromatic carbocycles. The zero-order valence-corrected chi connectivity index (χ0v) is 9.93. The largest absolute Gasteiger partial charge is 0.496 e. The lowest BCUT2D eigenvalue weighted by molar-refractivity contribution is -0.140. The average molecular weight is 236 g/mol. The number of carbonyl (C=O) groups is 1. The molecule has 0 heterocycles. The van der Waals surface area contributed by atoms with E-state index in [0.29, 0.717) is 17.7 Å². The van der Waals surface area contributed by atoms with Gasteiger partial charge in [0, 0.05) is 18.1 Å². The first kappa shape index (κ1) is 11.9. The molecule has 1 fully saturated rings. The quantitative estimate of drug-likeness (QED) is 0.827. The van der Waals surface area contributed by atoms with Crippen molar-refractivity contribution >= 4 is 5.97 Å². The number of benzene rings is 1. The molecule has 1 aromatic rings. The number of aliphatic hydroxyl groups is 1. The Labute approximate surface area is 99.8 Å². The Morgan fingerprint density at radius 1 is 1.59 bits per heavy atom. The van der Waals surface area contributed by atoms with Crippen LogP contribution in [-0.2, 0) is 10.2 Å². The maximum atomic E-state index is 11.5. The van der Waals surface area contributed by atoms with Crippen molar-refractivity contribution in [2.75, 3.05) is 13.7 Å². The van der Waals surface area contributed by atoms with E-state index < -0.39 is 11.4 Å². The van der Waals surface area contributed by atoms with E-state index in [1.807, 2.05) is 19.1 Å². The van der Waals surface area contributed by atoms with Crippen LogP contribution in [0.2, 0.25) is 0 Å². The molecule has 2 unspecified atom stereocenters. The van der Waals surface area contributed by atoms with Crippen molar-refractivity contribution < 1.29 is 19.7 Å². The third-order valence-corrected chi connectivity index (χ3v) is 3.54. The maximum absolute atomic E-state index is 11.5. The standard InChI is InChI=1S/C13H16O4/c1-8-3-4-11(17-2)10(5-8)13(12(15)16)6-9(13)7-14/h3-5,9,14H,6-7H2,1-2H3,(H,15,16). The van der Waals surface area contributed by atoms with E-state index in [0.717, 1.165) is 5.56 Å². The Balaban J connectivity index is 2.52. The molecule has 2 rings (SSSR count). The van der Waals surface area contributed by atoms with Crippen LogP contribution >= 0.6 is 0 Å². The molecule has 1 aliphatic rings. The summed E-state index contributed by atoms with van der Waals surface area (Å²) in [5.74, 6) is -0.523. The number of rotatable bonds is 4. The van der Waals surface area contributed by atoms with E-state index in [2.05, 4.69) is 0 Å². The summed E-state index contributed by atoms with van der Waals surface area (Å²) < 4.78 is 5.22. The Morgan fingerprint density at radius 2 is 2.29 bits per heavy atom. The highest BCUT2D eigenvalue weighted by molar-refractivity contribution is 5.87. The highest BCUT2D eigenvalue weighted by Crippen LogP contribution is 2.56. The van der Waals surface area contributed by atoms with E-state index in [9.17, 15) is 15.0 Å². The maximum Gasteiger partial charge on any atom is 0.314 e. The molecule has 2 atom stereocenters. The molecule has 0 bridgehead atoms. The second kappa shape index (κ2) is 4.04. The molecule has 0 aromatic heterocycles. The fourth-order valence-electron chi connectivity index (χ4n) is 2.43. The molecule has 0 spiro atoms. The SMILES string of the molecule is COc1ccc(C)cc1C1(C(=O)O)CC1CO. The minimum atomic E-state index is -0.966. The third kappa shape index (κ3) is 1.69. The van der Waals surface area contributed by atoms with Gasteiger partial charge < -0.3 is 14.9 Å². The van der Waals surface area contributed by atoms with Crippen molar-refractivity contribution in [1.82, 2.24) is 0 Å². The van der Waals surface area contributed by atoms with Gasteiger partial charge in [0.2, 0.25) is 0 Å². The molecule has 0 radical (unpaired) electrons. The summed E-state index contributed by atoms with van der Waals surface area (Å²) in [4.78, 5) is 11.5. The number of carboxylic acids is 1. The number of aryl methyl sites for hydroxylation is 1. The Kier molecular flexibility index (Phi) is 2.83. The summed E-state index contributed by atoms with van der Waals surface area (Å²) in [5, 5.41) is 18.6. The van der Waals surface area contributed by atoms with Crippen LogP contribution in [0.4, 0.5) is 0 Å². The Morgan fingerprint density at radius 3 is 2.76 bits per heavy atom. The smallest absolute Gasteiger partial charge is 0.314 e. The van der Waals surface area contributed by atoms with Gasteiger partial charge >= 0.3 is 5.97 Å². The van der Waals surface area contributed by atoms with Crippen LogP contribution in [0.5, 0.6) is 5.75 Å². The van der Waals surface area contributed by atoms with Crippen molar-refractivity contribution in [2.45, 2.75) is 18.8 Å². The molecule has 1 saturated carbocycles. The molecule has 0 aliphatic heterocycles. The van der Waals surface area contributed by atoms with E-state index in [4.69, 9.17) is 4.74 Å². The van der Waals surface area contributed by atoms with Gasteiger partial charge in [-0.15, -0.1) is 0 Å². The van der Waals surface area contributed by atoms with Gasteiger partial charge in [-0.05, 0) is 19.4 Å². The summed E-state index contributed by atoms with van der Waals surface area (Å²) in [6.45, 7) is 1.80. The van der Waals surface area contributed by atoms with Crippen molar-refractivity contribution in [3.63, 3.8) is 0 Å². The molecule has 4 nitrogen and oxygen atoms in total. The van der Waals surface area contributed by atoms with Gasteiger partial charge in [0.25, 0.3) is 0 Å². The van der Waals surface area contributed by atoms with Gasteiger partial charge in [-0.3, -0.25) is 4.79 Å². The fraction of sp³-hybridized carbons (Fsp3) is 0.462. The average Bonchev–Trinajstić information content (AvgIpc) is 3.04. The first-order valence-corrected chi connectivity index (χ1v) is 5.55. The topological polar surface area (TPSA) is 66.8 Å². The number of hydrogen-bond acceptors (Lipinski definition) is 3. The lowest BCUT2D eigenvalue weighted by Crippen LogP contribution is -2.24. The van der Waals surface area contributed by atoms with Gasteiger partial charge in [-0.2, -0.15) is 0 Å². The molecule has 2 N–H and O–H groups in total. The number of aliphatic carboxylic acids is 1. The molecular formula is C13H16O4. The molecule has 0 amide bonds. The number of carboxylic acid groups (broad SMARTS) is 1. The minimum Gasteiger partial charge on any atom is -0.496 e. The monoisotopic (exact) mass is 236 g/mol. The van der Waals surface area contributed by atoms with Crippen molar-refractivity contribution in [2.24, 2.45) is 5.92 Å². The summed E-state index contributed by atoms with van der Waals surface area (Å²) in [5.41, 5.74) is 0.697. The predicted octanol–water partition coefficient (Wildman–Crippen LogP) is 1.34. The molecule has 1 aliphatic carbocycles. The summed E-state index contributed by atoms with van der Waals surface area (Å²) in [6.07, 6.45) is 0.471. The second-order valence-corrected chi connectivity index (χ2v) is 4.56. The number of ether oxygens (including phenoxy) is 1. The van der Waals surface area contributed by atoms with E-state index in [-0.39, 0.29) is 12.5 Å². The van der Waals surface area contributed by atoms with Crippen LogP contribution in [0.25, 0.3) is 0 Å². The third-order valence-electron chi connectivity index (χ3n) is 3.54. The van der Waals surface area contributed by atoms with Crippen molar-refractivity contribution in [1.29, 1.82) is 0 Å². The lowest BCUT2D eigenvalue weighted by atomic mass is 9.91. The number of aliphatic hydroxyl groups excluding tert-OH is 1. The molecule has 92 valence electrons. The Bertz CT molecular complexity index is 455. The van der Waals surface area contributed by atoms with Crippen LogP contribution in [0.3, 0.4) is 0 Å². The summed E-state index contributed by atoms with van der Waals surface area (Å²) >= 11 is 0. The molecule has 17 heavy (non-hydrogen) atoms. The van der Waals surface area contributed by atoms with E-state index >= 15 is 0 Å². The van der Waals surface area contributed by atoms with Gasteiger partial charge in [0.1, 0.15) is 11.2 Å². The normalized spacial score (nSPS) is 26.6. The lowest BCUT2D eigenvalue weighted by Gasteiger charge is -2.17. The minimum absolute atomic E-state index is 0.108. The first-order chi connectivity index (χ1) is 8.06. The summed E-state index contributed by atoms with van der Waals surface area (Å²) in [6, 6.07) is 5.50. The second-order valence-electron chi connectivity index (χ2n) is 4.56. The van der Waals surface area contributed by atoms with E-state index in [1.54, 1.807) is 6.07 Å². The number of hydrogen-bond donors (Lipinski definition) is 2. The van der Waals surface area contributed by atoms with Gasteiger partial charge in [0.05, 0.1) is 7.11 Å². The van der Waals surface area contributed by atoms with Crippen LogP contribution in [0.15, 0.2) is 18.2 Å². The molecular weight excluding hydrogens is 220 g/mol. The van der Waals surface area contributed by atoms with Crippen molar-refractivity contribution in [3.8, 4) is 5.75 Å². The summed E-state index contributed by atoms with van der Waals surface area (Å²) in [7, 11) is 1.53. The number of methoxy groups -OCH3 is 1. The van der Waals surface area contributed by atoms with Gasteiger partial charge in [0.15, 0.2) is 0 Å². The van der Waals surface area contributed by atoms with Crippen LogP contribution in [0.1, 0.15) is 17.5 Å². The fourth-order valence-corrected chi connectivity index (χ4v) is 2.43. The predicted molar refractivity (Wildman–Crippen MR) is 62.2 cm³/mol. The zero-order valence-electron chi connectivity index (χ0n) is 9.93. The van der Waals surface area contributed by atoms with E-state index in [1.165, 1.54) is 7.11 Å². The first-order valence-electron chi connectivity index (χ1n) is 5.55.